The number of carbonyl (C=O) groups is 1. The Morgan fingerprint density at radius 2 is 1.71 bits per heavy atom. The van der Waals surface area contributed by atoms with Crippen LogP contribution in [0.3, 0.4) is 0 Å². The number of hydrogen-bond donors (Lipinski definition) is 0. The second-order valence-electron chi connectivity index (χ2n) is 5.57. The average molecular weight is 384 g/mol. The van der Waals surface area contributed by atoms with Crippen LogP contribution in [0.4, 0.5) is 5.69 Å². The first kappa shape index (κ1) is 18.9. The molecule has 28 heavy (non-hydrogen) atoms. The fraction of sp³-hybridized carbons (Fsp3) is 0.158. The van der Waals surface area contributed by atoms with Crippen molar-refractivity contribution in [1.29, 1.82) is 0 Å². The standard InChI is InChI=1S/C19H16N2O7/c1-25-15-9-11(10-16(26-2)17(15)27-3)8-13-19(22)28-18(20-13)12-6-4-5-7-14(12)21(23)24/h4-10H,1-3H3. The summed E-state index contributed by atoms with van der Waals surface area (Å²) in [5.74, 6) is 0.370. The lowest BCUT2D eigenvalue weighted by Crippen LogP contribution is -2.07. The summed E-state index contributed by atoms with van der Waals surface area (Å²) in [5.41, 5.74) is 0.452. The van der Waals surface area contributed by atoms with Crippen LogP contribution in [0.5, 0.6) is 17.2 Å². The summed E-state index contributed by atoms with van der Waals surface area (Å²) in [6.07, 6.45) is 1.47. The highest BCUT2D eigenvalue weighted by Crippen LogP contribution is 2.39. The number of carbonyl (C=O) groups excluding carboxylic acids is 1. The lowest BCUT2D eigenvalue weighted by atomic mass is 10.1. The normalized spacial score (nSPS) is 14.5. The molecule has 3 rings (SSSR count). The largest absolute Gasteiger partial charge is 0.493 e. The highest BCUT2D eigenvalue weighted by Gasteiger charge is 2.29. The third kappa shape index (κ3) is 3.50. The Balaban J connectivity index is 2.04. The number of nitro groups is 1. The Kier molecular flexibility index (Phi) is 5.25. The lowest BCUT2D eigenvalue weighted by Gasteiger charge is -2.12. The van der Waals surface area contributed by atoms with Crippen LogP contribution in [0.1, 0.15) is 11.1 Å². The third-order valence-corrected chi connectivity index (χ3v) is 3.94. The van der Waals surface area contributed by atoms with Gasteiger partial charge in [0.25, 0.3) is 5.69 Å². The minimum atomic E-state index is -0.720. The van der Waals surface area contributed by atoms with Crippen LogP contribution in [0, 0.1) is 10.1 Å². The highest BCUT2D eigenvalue weighted by molar-refractivity contribution is 6.14. The number of cyclic esters (lactones) is 1. The van der Waals surface area contributed by atoms with Gasteiger partial charge >= 0.3 is 5.97 Å². The number of benzene rings is 2. The molecule has 0 radical (unpaired) electrons. The Morgan fingerprint density at radius 1 is 1.07 bits per heavy atom. The monoisotopic (exact) mass is 384 g/mol. The zero-order valence-electron chi connectivity index (χ0n) is 15.3. The Bertz CT molecular complexity index is 986. The first-order chi connectivity index (χ1) is 13.5. The van der Waals surface area contributed by atoms with E-state index in [1.165, 1.54) is 45.6 Å². The number of esters is 1. The van der Waals surface area contributed by atoms with Crippen molar-refractivity contribution >= 4 is 23.6 Å². The molecular weight excluding hydrogens is 368 g/mol. The van der Waals surface area contributed by atoms with Crippen LogP contribution >= 0.6 is 0 Å². The third-order valence-electron chi connectivity index (χ3n) is 3.94. The fourth-order valence-corrected chi connectivity index (χ4v) is 2.68. The summed E-state index contributed by atoms with van der Waals surface area (Å²) in [4.78, 5) is 27.0. The predicted molar refractivity (Wildman–Crippen MR) is 99.8 cm³/mol. The molecule has 9 nitrogen and oxygen atoms in total. The van der Waals surface area contributed by atoms with E-state index in [2.05, 4.69) is 4.99 Å². The van der Waals surface area contributed by atoms with Crippen LogP contribution in [-0.4, -0.2) is 38.1 Å². The molecule has 0 N–H and O–H groups in total. The van der Waals surface area contributed by atoms with Gasteiger partial charge in [0, 0.05) is 6.07 Å². The second-order valence-corrected chi connectivity index (χ2v) is 5.57. The molecule has 9 heteroatoms. The van der Waals surface area contributed by atoms with Gasteiger partial charge in [0.15, 0.2) is 17.2 Å². The summed E-state index contributed by atoms with van der Waals surface area (Å²) in [6, 6.07) is 9.17. The molecule has 0 spiro atoms. The number of methoxy groups -OCH3 is 3. The average Bonchev–Trinajstić information content (AvgIpc) is 3.07. The number of ether oxygens (including phenoxy) is 4. The number of nitro benzene ring substituents is 1. The lowest BCUT2D eigenvalue weighted by molar-refractivity contribution is -0.385. The quantitative estimate of drug-likeness (QED) is 0.326. The van der Waals surface area contributed by atoms with Crippen LogP contribution in [0.2, 0.25) is 0 Å². The maximum atomic E-state index is 12.2. The van der Waals surface area contributed by atoms with Gasteiger partial charge in [0.05, 0.1) is 26.3 Å². The van der Waals surface area contributed by atoms with Gasteiger partial charge in [-0.05, 0) is 29.8 Å². The molecule has 0 unspecified atom stereocenters. The molecule has 144 valence electrons. The Hall–Kier alpha value is -3.88. The molecule has 2 aromatic carbocycles. The van der Waals surface area contributed by atoms with Crippen molar-refractivity contribution in [1.82, 2.24) is 0 Å². The number of para-hydroxylation sites is 1. The highest BCUT2D eigenvalue weighted by atomic mass is 16.6. The SMILES string of the molecule is COc1cc(C=C2N=C(c3ccccc3[N+](=O)[O-])OC2=O)cc(OC)c1OC. The molecule has 1 aliphatic heterocycles. The van der Waals surface area contributed by atoms with Crippen molar-refractivity contribution in [2.45, 2.75) is 0 Å². The zero-order valence-corrected chi connectivity index (χ0v) is 15.3. The van der Waals surface area contributed by atoms with Crippen molar-refractivity contribution in [2.75, 3.05) is 21.3 Å². The first-order valence-corrected chi connectivity index (χ1v) is 8.04. The van der Waals surface area contributed by atoms with Crippen molar-refractivity contribution in [3.05, 3.63) is 63.3 Å². The van der Waals surface area contributed by atoms with E-state index in [1.807, 2.05) is 0 Å². The van der Waals surface area contributed by atoms with Gasteiger partial charge in [-0.1, -0.05) is 12.1 Å². The van der Waals surface area contributed by atoms with Gasteiger partial charge in [0.1, 0.15) is 5.56 Å². The van der Waals surface area contributed by atoms with E-state index in [-0.39, 0.29) is 22.8 Å². The summed E-state index contributed by atoms with van der Waals surface area (Å²) < 4.78 is 21.0. The molecule has 0 aliphatic carbocycles. The molecule has 0 amide bonds. The van der Waals surface area contributed by atoms with Crippen molar-refractivity contribution in [2.24, 2.45) is 4.99 Å². The molecule has 0 fully saturated rings. The van der Waals surface area contributed by atoms with Gasteiger partial charge in [-0.25, -0.2) is 9.79 Å². The van der Waals surface area contributed by atoms with Gasteiger partial charge in [-0.3, -0.25) is 10.1 Å². The second kappa shape index (κ2) is 7.78. The fourth-order valence-electron chi connectivity index (χ4n) is 2.68. The molecular formula is C19H16N2O7. The molecule has 0 saturated carbocycles. The van der Waals surface area contributed by atoms with E-state index in [0.717, 1.165) is 0 Å². The van der Waals surface area contributed by atoms with Crippen molar-refractivity contribution in [3.63, 3.8) is 0 Å². The summed E-state index contributed by atoms with van der Waals surface area (Å²) in [6.45, 7) is 0. The van der Waals surface area contributed by atoms with Crippen LogP contribution < -0.4 is 14.2 Å². The maximum absolute atomic E-state index is 12.2. The molecule has 0 saturated heterocycles. The molecule has 0 bridgehead atoms. The Labute approximate surface area is 160 Å². The van der Waals surface area contributed by atoms with Crippen LogP contribution in [0.15, 0.2) is 47.1 Å². The smallest absolute Gasteiger partial charge is 0.363 e. The van der Waals surface area contributed by atoms with Crippen LogP contribution in [0.25, 0.3) is 6.08 Å². The van der Waals surface area contributed by atoms with Crippen molar-refractivity contribution in [3.8, 4) is 17.2 Å². The molecule has 2 aromatic rings. The molecule has 1 heterocycles. The summed E-state index contributed by atoms with van der Waals surface area (Å²) >= 11 is 0. The Morgan fingerprint density at radius 3 is 2.29 bits per heavy atom. The summed E-state index contributed by atoms with van der Waals surface area (Å²) in [7, 11) is 4.43. The van der Waals surface area contributed by atoms with E-state index in [9.17, 15) is 14.9 Å². The minimum absolute atomic E-state index is 0.0116. The van der Waals surface area contributed by atoms with E-state index in [1.54, 1.807) is 18.2 Å². The van der Waals surface area contributed by atoms with E-state index >= 15 is 0 Å². The van der Waals surface area contributed by atoms with E-state index in [4.69, 9.17) is 18.9 Å². The van der Waals surface area contributed by atoms with E-state index in [0.29, 0.717) is 22.8 Å². The minimum Gasteiger partial charge on any atom is -0.493 e. The molecule has 0 aromatic heterocycles. The van der Waals surface area contributed by atoms with Crippen LogP contribution in [-0.2, 0) is 9.53 Å². The van der Waals surface area contributed by atoms with Gasteiger partial charge < -0.3 is 18.9 Å². The number of hydrogen-bond acceptors (Lipinski definition) is 8. The van der Waals surface area contributed by atoms with E-state index < -0.39 is 10.9 Å². The van der Waals surface area contributed by atoms with Gasteiger partial charge in [-0.15, -0.1) is 0 Å². The number of aliphatic imine (C=N–C) groups is 1. The maximum Gasteiger partial charge on any atom is 0.363 e. The van der Waals surface area contributed by atoms with Gasteiger partial charge in [0.2, 0.25) is 11.6 Å². The number of rotatable bonds is 6. The van der Waals surface area contributed by atoms with Gasteiger partial charge in [-0.2, -0.15) is 0 Å². The predicted octanol–water partition coefficient (Wildman–Crippen LogP) is 2.97. The topological polar surface area (TPSA) is 109 Å². The summed E-state index contributed by atoms with van der Waals surface area (Å²) in [5, 5.41) is 11.2. The molecule has 0 atom stereocenters. The van der Waals surface area contributed by atoms with Crippen molar-refractivity contribution < 1.29 is 28.7 Å². The zero-order chi connectivity index (χ0) is 20.3. The first-order valence-electron chi connectivity index (χ1n) is 8.04. The molecule has 1 aliphatic rings. The number of nitrogens with zero attached hydrogens (tertiary/aromatic N) is 2.